The molecule has 0 radical (unpaired) electrons. The molecule has 0 amide bonds. The third-order valence-electron chi connectivity index (χ3n) is 1.80. The van der Waals surface area contributed by atoms with Gasteiger partial charge in [0.15, 0.2) is 5.82 Å². The van der Waals surface area contributed by atoms with E-state index in [0.29, 0.717) is 24.1 Å². The van der Waals surface area contributed by atoms with Crippen LogP contribution in [-0.2, 0) is 6.54 Å². The van der Waals surface area contributed by atoms with Gasteiger partial charge in [-0.2, -0.15) is 4.98 Å². The van der Waals surface area contributed by atoms with E-state index in [1.54, 1.807) is 19.2 Å². The largest absolute Gasteiger partial charge is 0.384 e. The summed E-state index contributed by atoms with van der Waals surface area (Å²) in [6.07, 6.45) is 1.65. The summed E-state index contributed by atoms with van der Waals surface area (Å²) in [5.74, 6) is 1.67. The SMILES string of the molecule is Cc1noc(CNc2ccc(N)nc2)n1. The van der Waals surface area contributed by atoms with Gasteiger partial charge in [0, 0.05) is 0 Å². The van der Waals surface area contributed by atoms with Gasteiger partial charge in [-0.1, -0.05) is 5.16 Å². The van der Waals surface area contributed by atoms with Crippen molar-refractivity contribution >= 4 is 11.5 Å². The predicted molar refractivity (Wildman–Crippen MR) is 55.0 cm³/mol. The number of nitrogens with one attached hydrogen (secondary N) is 1. The number of pyridine rings is 1. The van der Waals surface area contributed by atoms with Gasteiger partial charge >= 0.3 is 0 Å². The summed E-state index contributed by atoms with van der Waals surface area (Å²) < 4.78 is 4.94. The Morgan fingerprint density at radius 3 is 2.93 bits per heavy atom. The molecule has 0 bridgehead atoms. The summed E-state index contributed by atoms with van der Waals surface area (Å²) >= 11 is 0. The molecule has 6 nitrogen and oxygen atoms in total. The number of hydrogen-bond acceptors (Lipinski definition) is 6. The highest BCUT2D eigenvalue weighted by Crippen LogP contribution is 2.08. The minimum atomic E-state index is 0.479. The molecule has 0 saturated heterocycles. The van der Waals surface area contributed by atoms with Gasteiger partial charge in [-0.05, 0) is 19.1 Å². The van der Waals surface area contributed by atoms with Crippen molar-refractivity contribution < 1.29 is 4.52 Å². The predicted octanol–water partition coefficient (Wildman–Crippen LogP) is 0.967. The van der Waals surface area contributed by atoms with Crippen LogP contribution in [0.5, 0.6) is 0 Å². The number of nitrogen functional groups attached to an aromatic ring is 1. The van der Waals surface area contributed by atoms with E-state index in [1.807, 2.05) is 6.07 Å². The number of aryl methyl sites for hydroxylation is 1. The van der Waals surface area contributed by atoms with Crippen molar-refractivity contribution in [1.82, 2.24) is 15.1 Å². The fourth-order valence-electron chi connectivity index (χ4n) is 1.10. The van der Waals surface area contributed by atoms with Gasteiger partial charge < -0.3 is 15.6 Å². The van der Waals surface area contributed by atoms with Gasteiger partial charge in [0.2, 0.25) is 5.89 Å². The lowest BCUT2D eigenvalue weighted by molar-refractivity contribution is 0.379. The fraction of sp³-hybridized carbons (Fsp3) is 0.222. The first-order chi connectivity index (χ1) is 7.24. The monoisotopic (exact) mass is 205 g/mol. The van der Waals surface area contributed by atoms with E-state index in [-0.39, 0.29) is 0 Å². The van der Waals surface area contributed by atoms with Gasteiger partial charge in [-0.25, -0.2) is 4.98 Å². The van der Waals surface area contributed by atoms with Crippen molar-refractivity contribution in [1.29, 1.82) is 0 Å². The number of anilines is 2. The van der Waals surface area contributed by atoms with Crippen LogP contribution in [0.15, 0.2) is 22.9 Å². The Balaban J connectivity index is 1.96. The van der Waals surface area contributed by atoms with Crippen molar-refractivity contribution in [2.75, 3.05) is 11.1 Å². The Kier molecular flexibility index (Phi) is 2.49. The molecule has 0 aliphatic carbocycles. The first-order valence-electron chi connectivity index (χ1n) is 4.48. The van der Waals surface area contributed by atoms with Crippen molar-refractivity contribution in [3.05, 3.63) is 30.0 Å². The van der Waals surface area contributed by atoms with Crippen LogP contribution < -0.4 is 11.1 Å². The second-order valence-electron chi connectivity index (χ2n) is 3.06. The molecule has 0 aliphatic heterocycles. The Bertz CT molecular complexity index is 436. The van der Waals surface area contributed by atoms with E-state index in [4.69, 9.17) is 10.3 Å². The third-order valence-corrected chi connectivity index (χ3v) is 1.80. The van der Waals surface area contributed by atoms with Crippen molar-refractivity contribution in [3.8, 4) is 0 Å². The number of rotatable bonds is 3. The molecule has 0 fully saturated rings. The molecular weight excluding hydrogens is 194 g/mol. The molecule has 2 heterocycles. The van der Waals surface area contributed by atoms with E-state index < -0.39 is 0 Å². The van der Waals surface area contributed by atoms with Gasteiger partial charge in [0.05, 0.1) is 18.4 Å². The first kappa shape index (κ1) is 9.45. The van der Waals surface area contributed by atoms with Crippen LogP contribution in [0, 0.1) is 6.92 Å². The Labute approximate surface area is 86.5 Å². The maximum absolute atomic E-state index is 5.46. The summed E-state index contributed by atoms with van der Waals surface area (Å²) in [6.45, 7) is 2.25. The lowest BCUT2D eigenvalue weighted by atomic mass is 10.4. The molecule has 0 saturated carbocycles. The molecule has 0 spiro atoms. The summed E-state index contributed by atoms with van der Waals surface area (Å²) in [7, 11) is 0. The van der Waals surface area contributed by atoms with Crippen LogP contribution in [0.1, 0.15) is 11.7 Å². The second-order valence-corrected chi connectivity index (χ2v) is 3.06. The molecule has 2 aromatic rings. The maximum Gasteiger partial charge on any atom is 0.245 e. The lowest BCUT2D eigenvalue weighted by Crippen LogP contribution is -2.00. The Morgan fingerprint density at radius 2 is 2.33 bits per heavy atom. The minimum absolute atomic E-state index is 0.479. The number of nitrogens with two attached hydrogens (primary N) is 1. The highest BCUT2D eigenvalue weighted by Gasteiger charge is 2.01. The molecule has 0 atom stereocenters. The fourth-order valence-corrected chi connectivity index (χ4v) is 1.10. The van der Waals surface area contributed by atoms with Crippen molar-refractivity contribution in [2.45, 2.75) is 13.5 Å². The Morgan fingerprint density at radius 1 is 1.47 bits per heavy atom. The highest BCUT2D eigenvalue weighted by molar-refractivity contribution is 5.45. The molecule has 2 aromatic heterocycles. The summed E-state index contributed by atoms with van der Waals surface area (Å²) in [6, 6.07) is 3.56. The molecule has 15 heavy (non-hydrogen) atoms. The molecule has 6 heteroatoms. The van der Waals surface area contributed by atoms with Crippen LogP contribution in [0.3, 0.4) is 0 Å². The smallest absolute Gasteiger partial charge is 0.245 e. The molecule has 0 unspecified atom stereocenters. The van der Waals surface area contributed by atoms with Gasteiger partial charge in [-0.3, -0.25) is 0 Å². The van der Waals surface area contributed by atoms with E-state index in [9.17, 15) is 0 Å². The first-order valence-corrected chi connectivity index (χ1v) is 4.48. The molecular formula is C9H11N5O. The normalized spacial score (nSPS) is 10.2. The van der Waals surface area contributed by atoms with Crippen LogP contribution in [-0.4, -0.2) is 15.1 Å². The van der Waals surface area contributed by atoms with Crippen molar-refractivity contribution in [3.63, 3.8) is 0 Å². The summed E-state index contributed by atoms with van der Waals surface area (Å²) in [5.41, 5.74) is 6.32. The Hall–Kier alpha value is -2.11. The molecule has 2 rings (SSSR count). The maximum atomic E-state index is 5.46. The van der Waals surface area contributed by atoms with E-state index in [0.717, 1.165) is 5.69 Å². The molecule has 0 aromatic carbocycles. The highest BCUT2D eigenvalue weighted by atomic mass is 16.5. The topological polar surface area (TPSA) is 89.9 Å². The zero-order chi connectivity index (χ0) is 10.7. The molecule has 3 N–H and O–H groups in total. The number of hydrogen-bond donors (Lipinski definition) is 2. The van der Waals surface area contributed by atoms with Crippen LogP contribution in [0.2, 0.25) is 0 Å². The van der Waals surface area contributed by atoms with E-state index in [2.05, 4.69) is 20.4 Å². The third kappa shape index (κ3) is 2.43. The lowest BCUT2D eigenvalue weighted by Gasteiger charge is -2.01. The van der Waals surface area contributed by atoms with Crippen LogP contribution in [0.4, 0.5) is 11.5 Å². The summed E-state index contributed by atoms with van der Waals surface area (Å²) in [5, 5.41) is 6.77. The quantitative estimate of drug-likeness (QED) is 0.775. The van der Waals surface area contributed by atoms with Gasteiger partial charge in [0.1, 0.15) is 5.82 Å². The molecule has 78 valence electrons. The summed E-state index contributed by atoms with van der Waals surface area (Å²) in [4.78, 5) is 8.00. The number of aromatic nitrogens is 3. The van der Waals surface area contributed by atoms with Gasteiger partial charge in [-0.15, -0.1) is 0 Å². The number of nitrogens with zero attached hydrogens (tertiary/aromatic N) is 3. The van der Waals surface area contributed by atoms with Gasteiger partial charge in [0.25, 0.3) is 0 Å². The second kappa shape index (κ2) is 3.95. The average molecular weight is 205 g/mol. The van der Waals surface area contributed by atoms with Crippen molar-refractivity contribution in [2.24, 2.45) is 0 Å². The zero-order valence-electron chi connectivity index (χ0n) is 8.27. The van der Waals surface area contributed by atoms with E-state index in [1.165, 1.54) is 0 Å². The molecule has 0 aliphatic rings. The van der Waals surface area contributed by atoms with Crippen LogP contribution in [0.25, 0.3) is 0 Å². The average Bonchev–Trinajstić information content (AvgIpc) is 2.64. The van der Waals surface area contributed by atoms with E-state index >= 15 is 0 Å². The zero-order valence-corrected chi connectivity index (χ0v) is 8.27. The standard InChI is InChI=1S/C9H11N5O/c1-6-13-9(15-14-6)5-11-7-2-3-8(10)12-4-7/h2-4,11H,5H2,1H3,(H2,10,12). The minimum Gasteiger partial charge on any atom is -0.384 e. The van der Waals surface area contributed by atoms with Crippen LogP contribution >= 0.6 is 0 Å².